The van der Waals surface area contributed by atoms with E-state index in [2.05, 4.69) is 10.2 Å². The lowest BCUT2D eigenvalue weighted by atomic mass is 10.0. The monoisotopic (exact) mass is 613 g/mol. The molecule has 6 rings (SSSR count). The maximum atomic E-state index is 13.4. The van der Waals surface area contributed by atoms with E-state index in [9.17, 15) is 14.4 Å². The number of morpholine rings is 1. The molecule has 1 N–H and O–H groups in total. The van der Waals surface area contributed by atoms with Gasteiger partial charge >= 0.3 is 0 Å². The SMILES string of the molecule is O=C(CN1C(=O)SC(=Cc2c(OCc3ccc(Cl)cc3)ccc3ccccc23)C1=O)Nc1ccc(N2CCOCC2)cc1. The van der Waals surface area contributed by atoms with Crippen molar-refractivity contribution >= 4 is 68.6 Å². The number of halogens is 1. The van der Waals surface area contributed by atoms with Gasteiger partial charge in [0.1, 0.15) is 18.9 Å². The molecule has 218 valence electrons. The number of nitrogens with zero attached hydrogens (tertiary/aromatic N) is 2. The summed E-state index contributed by atoms with van der Waals surface area (Å²) in [7, 11) is 0. The van der Waals surface area contributed by atoms with Crippen LogP contribution in [0.4, 0.5) is 16.2 Å². The molecular weight excluding hydrogens is 586 g/mol. The average Bonchev–Trinajstić information content (AvgIpc) is 3.29. The number of thioether (sulfide) groups is 1. The van der Waals surface area contributed by atoms with Crippen molar-refractivity contribution in [1.82, 2.24) is 4.90 Å². The number of carbonyl (C=O) groups is 3. The highest BCUT2D eigenvalue weighted by Crippen LogP contribution is 2.37. The van der Waals surface area contributed by atoms with Gasteiger partial charge in [-0.25, -0.2) is 0 Å². The van der Waals surface area contributed by atoms with Crippen LogP contribution < -0.4 is 15.0 Å². The Bertz CT molecular complexity index is 1700. The number of hydrogen-bond donors (Lipinski definition) is 1. The normalized spacial score (nSPS) is 16.3. The molecule has 0 aliphatic carbocycles. The van der Waals surface area contributed by atoms with E-state index >= 15 is 0 Å². The largest absolute Gasteiger partial charge is 0.488 e. The molecule has 2 fully saturated rings. The lowest BCUT2D eigenvalue weighted by Crippen LogP contribution is -2.36. The van der Waals surface area contributed by atoms with Crippen LogP contribution in [0.1, 0.15) is 11.1 Å². The van der Waals surface area contributed by atoms with E-state index in [0.717, 1.165) is 51.8 Å². The number of ether oxygens (including phenoxy) is 2. The zero-order chi connectivity index (χ0) is 29.8. The fourth-order valence-corrected chi connectivity index (χ4v) is 5.93. The summed E-state index contributed by atoms with van der Waals surface area (Å²) in [6.07, 6.45) is 1.67. The van der Waals surface area contributed by atoms with Gasteiger partial charge in [0.2, 0.25) is 5.91 Å². The summed E-state index contributed by atoms with van der Waals surface area (Å²) in [4.78, 5) is 42.5. The molecule has 0 aromatic heterocycles. The van der Waals surface area contributed by atoms with Crippen LogP contribution in [0.5, 0.6) is 5.75 Å². The van der Waals surface area contributed by atoms with E-state index < -0.39 is 17.1 Å². The van der Waals surface area contributed by atoms with Gasteiger partial charge in [0, 0.05) is 35.1 Å². The number of carbonyl (C=O) groups excluding carboxylic acids is 3. The lowest BCUT2D eigenvalue weighted by molar-refractivity contribution is -0.127. The first-order chi connectivity index (χ1) is 20.9. The highest BCUT2D eigenvalue weighted by Gasteiger charge is 2.36. The zero-order valence-corrected chi connectivity index (χ0v) is 24.7. The molecule has 0 saturated carbocycles. The molecule has 0 bridgehead atoms. The summed E-state index contributed by atoms with van der Waals surface area (Å²) in [5, 5.41) is 4.77. The van der Waals surface area contributed by atoms with Gasteiger partial charge in [-0.15, -0.1) is 0 Å². The minimum Gasteiger partial charge on any atom is -0.488 e. The van der Waals surface area contributed by atoms with Crippen LogP contribution in [0.2, 0.25) is 5.02 Å². The zero-order valence-electron chi connectivity index (χ0n) is 23.1. The van der Waals surface area contributed by atoms with E-state index in [1.165, 1.54) is 0 Å². The molecular formula is C33H28ClN3O5S. The van der Waals surface area contributed by atoms with Crippen LogP contribution in [0, 0.1) is 0 Å². The molecule has 2 heterocycles. The lowest BCUT2D eigenvalue weighted by Gasteiger charge is -2.28. The number of imide groups is 1. The summed E-state index contributed by atoms with van der Waals surface area (Å²) in [5.74, 6) is -0.414. The molecule has 43 heavy (non-hydrogen) atoms. The molecule has 2 saturated heterocycles. The van der Waals surface area contributed by atoms with Gasteiger partial charge in [0.15, 0.2) is 0 Å². The van der Waals surface area contributed by atoms with Gasteiger partial charge in [-0.1, -0.05) is 54.1 Å². The number of hydrogen-bond acceptors (Lipinski definition) is 7. The van der Waals surface area contributed by atoms with E-state index in [0.29, 0.717) is 41.8 Å². The number of amides is 3. The first kappa shape index (κ1) is 28.8. The molecule has 0 spiro atoms. The van der Waals surface area contributed by atoms with E-state index in [-0.39, 0.29) is 11.4 Å². The summed E-state index contributed by atoms with van der Waals surface area (Å²) in [6, 6.07) is 26.4. The summed E-state index contributed by atoms with van der Waals surface area (Å²) < 4.78 is 11.6. The summed E-state index contributed by atoms with van der Waals surface area (Å²) >= 11 is 6.82. The molecule has 4 aromatic rings. The van der Waals surface area contributed by atoms with Crippen molar-refractivity contribution < 1.29 is 23.9 Å². The third kappa shape index (κ3) is 6.69. The Morgan fingerprint density at radius 2 is 1.70 bits per heavy atom. The average molecular weight is 614 g/mol. The molecule has 2 aliphatic rings. The van der Waals surface area contributed by atoms with Crippen LogP contribution in [-0.2, 0) is 20.9 Å². The summed E-state index contributed by atoms with van der Waals surface area (Å²) in [6.45, 7) is 2.90. The Hall–Kier alpha value is -4.31. The fraction of sp³-hybridized carbons (Fsp3) is 0.182. The van der Waals surface area contributed by atoms with Crippen molar-refractivity contribution in [2.24, 2.45) is 0 Å². The number of benzene rings is 4. The third-order valence-corrected chi connectivity index (χ3v) is 8.38. The number of fused-ring (bicyclic) bond motifs is 1. The van der Waals surface area contributed by atoms with Crippen LogP contribution >= 0.6 is 23.4 Å². The molecule has 0 atom stereocenters. The van der Waals surface area contributed by atoms with Crippen molar-refractivity contribution in [3.8, 4) is 5.75 Å². The Balaban J connectivity index is 1.17. The maximum absolute atomic E-state index is 13.4. The van der Waals surface area contributed by atoms with Gasteiger partial charge in [0.05, 0.1) is 18.1 Å². The molecule has 4 aromatic carbocycles. The van der Waals surface area contributed by atoms with Crippen LogP contribution in [0.15, 0.2) is 89.8 Å². The van der Waals surface area contributed by atoms with Crippen molar-refractivity contribution in [3.63, 3.8) is 0 Å². The predicted molar refractivity (Wildman–Crippen MR) is 171 cm³/mol. The minimum atomic E-state index is -0.524. The Labute approximate surface area is 258 Å². The molecule has 0 radical (unpaired) electrons. The highest BCUT2D eigenvalue weighted by atomic mass is 35.5. The van der Waals surface area contributed by atoms with E-state index in [1.54, 1.807) is 18.2 Å². The topological polar surface area (TPSA) is 88.2 Å². The molecule has 8 nitrogen and oxygen atoms in total. The third-order valence-electron chi connectivity index (χ3n) is 7.22. The first-order valence-corrected chi connectivity index (χ1v) is 15.0. The standard InChI is InChI=1S/C33H28ClN3O5S/c34-24-8-5-22(6-9-24)21-42-29-14-7-23-3-1-2-4-27(23)28(29)19-30-32(39)37(33(40)43-30)20-31(38)35-25-10-12-26(13-11-25)36-15-17-41-18-16-36/h1-14,19H,15-18,20-21H2,(H,35,38). The van der Waals surface area contributed by atoms with Crippen molar-refractivity contribution in [3.05, 3.63) is 106 Å². The highest BCUT2D eigenvalue weighted by molar-refractivity contribution is 8.18. The van der Waals surface area contributed by atoms with Crippen LogP contribution in [-0.4, -0.2) is 54.8 Å². The van der Waals surface area contributed by atoms with Gasteiger partial charge in [0.25, 0.3) is 11.1 Å². The Morgan fingerprint density at radius 1 is 0.953 bits per heavy atom. The van der Waals surface area contributed by atoms with Crippen LogP contribution in [0.3, 0.4) is 0 Å². The maximum Gasteiger partial charge on any atom is 0.294 e. The predicted octanol–water partition coefficient (Wildman–Crippen LogP) is 6.58. The smallest absolute Gasteiger partial charge is 0.294 e. The molecule has 3 amide bonds. The Morgan fingerprint density at radius 3 is 2.47 bits per heavy atom. The van der Waals surface area contributed by atoms with E-state index in [1.807, 2.05) is 72.8 Å². The van der Waals surface area contributed by atoms with E-state index in [4.69, 9.17) is 21.1 Å². The van der Waals surface area contributed by atoms with Crippen molar-refractivity contribution in [1.29, 1.82) is 0 Å². The van der Waals surface area contributed by atoms with Crippen molar-refractivity contribution in [2.45, 2.75) is 6.61 Å². The van der Waals surface area contributed by atoms with Gasteiger partial charge in [-0.3, -0.25) is 19.3 Å². The Kier molecular flexibility index (Phi) is 8.64. The minimum absolute atomic E-state index is 0.223. The first-order valence-electron chi connectivity index (χ1n) is 13.8. The quantitative estimate of drug-likeness (QED) is 0.225. The second-order valence-electron chi connectivity index (χ2n) is 10.1. The van der Waals surface area contributed by atoms with Gasteiger partial charge in [-0.05, 0) is 76.6 Å². The van der Waals surface area contributed by atoms with Crippen LogP contribution in [0.25, 0.3) is 16.8 Å². The van der Waals surface area contributed by atoms with Crippen molar-refractivity contribution in [2.75, 3.05) is 43.1 Å². The molecule has 0 unspecified atom stereocenters. The van der Waals surface area contributed by atoms with Gasteiger partial charge < -0.3 is 19.7 Å². The fourth-order valence-electron chi connectivity index (χ4n) is 4.98. The summed E-state index contributed by atoms with van der Waals surface area (Å²) in [5.41, 5.74) is 3.25. The molecule has 2 aliphatic heterocycles. The second-order valence-corrected chi connectivity index (χ2v) is 11.5. The number of rotatable bonds is 8. The number of nitrogens with one attached hydrogen (secondary N) is 1. The molecule has 10 heteroatoms. The van der Waals surface area contributed by atoms with Gasteiger partial charge in [-0.2, -0.15) is 0 Å². The number of anilines is 2. The second kappa shape index (κ2) is 12.9.